The molecule has 0 unspecified atom stereocenters. The first-order chi connectivity index (χ1) is 5.09. The van der Waals surface area contributed by atoms with Crippen LogP contribution < -0.4 is 0 Å². The molecule has 1 heteroatoms. The van der Waals surface area contributed by atoms with Gasteiger partial charge >= 0.3 is 0 Å². The minimum absolute atomic E-state index is 0.393. The van der Waals surface area contributed by atoms with Crippen molar-refractivity contribution in [2.75, 3.05) is 13.1 Å². The summed E-state index contributed by atoms with van der Waals surface area (Å²) in [7, 11) is 0. The number of likely N-dealkylation sites (tertiary alicyclic amines) is 1. The lowest BCUT2D eigenvalue weighted by Gasteiger charge is -2.17. The zero-order valence-electron chi connectivity index (χ0n) is 7.35. The third kappa shape index (κ3) is 1.09. The van der Waals surface area contributed by atoms with Crippen LogP contribution in [0.1, 0.15) is 20.3 Å². The molecule has 0 atom stereocenters. The molecular weight excluding hydrogens is 134 g/mol. The largest absolute Gasteiger partial charge is 0.370 e. The lowest BCUT2D eigenvalue weighted by molar-refractivity contribution is 0.403. The Labute approximate surface area is 68.4 Å². The van der Waals surface area contributed by atoms with Crippen molar-refractivity contribution in [3.63, 3.8) is 0 Å². The Morgan fingerprint density at radius 2 is 2.18 bits per heavy atom. The Morgan fingerprint density at radius 3 is 2.55 bits per heavy atom. The van der Waals surface area contributed by atoms with Crippen LogP contribution in [0.3, 0.4) is 0 Å². The molecule has 11 heavy (non-hydrogen) atoms. The zero-order chi connectivity index (χ0) is 8.06. The molecule has 1 nitrogen and oxygen atoms in total. The quantitative estimate of drug-likeness (QED) is 0.516. The molecule has 1 aliphatic heterocycles. The lowest BCUT2D eigenvalue weighted by atomic mass is 10.1. The number of nitrogens with zero attached hydrogens (tertiary/aromatic N) is 1. The SMILES string of the molecule is C=C1CCN(C2=CC2(C)C)C1. The van der Waals surface area contributed by atoms with Gasteiger partial charge in [-0.25, -0.2) is 0 Å². The summed E-state index contributed by atoms with van der Waals surface area (Å²) in [5.41, 5.74) is 3.30. The Bertz CT molecular complexity index is 235. The van der Waals surface area contributed by atoms with Crippen LogP contribution in [0.5, 0.6) is 0 Å². The van der Waals surface area contributed by atoms with E-state index in [0.717, 1.165) is 6.54 Å². The van der Waals surface area contributed by atoms with E-state index in [0.29, 0.717) is 5.41 Å². The molecule has 0 amide bonds. The van der Waals surface area contributed by atoms with Gasteiger partial charge in [-0.15, -0.1) is 0 Å². The second-order valence-corrected chi connectivity index (χ2v) is 4.17. The molecule has 0 aromatic carbocycles. The van der Waals surface area contributed by atoms with E-state index in [1.807, 2.05) is 0 Å². The van der Waals surface area contributed by atoms with E-state index in [2.05, 4.69) is 31.4 Å². The molecule has 2 rings (SSSR count). The maximum atomic E-state index is 3.99. The molecule has 1 saturated heterocycles. The van der Waals surface area contributed by atoms with E-state index in [1.165, 1.54) is 24.2 Å². The fourth-order valence-electron chi connectivity index (χ4n) is 1.73. The first kappa shape index (κ1) is 6.96. The smallest absolute Gasteiger partial charge is 0.0384 e. The Balaban J connectivity index is 2.00. The van der Waals surface area contributed by atoms with Crippen LogP contribution >= 0.6 is 0 Å². The van der Waals surface area contributed by atoms with Crippen molar-refractivity contribution >= 4 is 0 Å². The first-order valence-corrected chi connectivity index (χ1v) is 4.24. The summed E-state index contributed by atoms with van der Waals surface area (Å²) in [5.74, 6) is 0. The third-order valence-corrected chi connectivity index (χ3v) is 2.56. The highest BCUT2D eigenvalue weighted by molar-refractivity contribution is 5.36. The summed E-state index contributed by atoms with van der Waals surface area (Å²) in [4.78, 5) is 2.45. The summed E-state index contributed by atoms with van der Waals surface area (Å²) >= 11 is 0. The fourth-order valence-corrected chi connectivity index (χ4v) is 1.73. The van der Waals surface area contributed by atoms with E-state index in [1.54, 1.807) is 0 Å². The molecule has 2 aliphatic rings. The molecule has 0 saturated carbocycles. The van der Waals surface area contributed by atoms with E-state index in [4.69, 9.17) is 0 Å². The van der Waals surface area contributed by atoms with Gasteiger partial charge in [0.05, 0.1) is 0 Å². The van der Waals surface area contributed by atoms with Gasteiger partial charge in [-0.05, 0) is 6.42 Å². The second-order valence-electron chi connectivity index (χ2n) is 4.17. The third-order valence-electron chi connectivity index (χ3n) is 2.56. The summed E-state index contributed by atoms with van der Waals surface area (Å²) in [5, 5.41) is 0. The highest BCUT2D eigenvalue weighted by atomic mass is 15.2. The molecule has 0 aromatic heterocycles. The van der Waals surface area contributed by atoms with Crippen molar-refractivity contribution in [2.45, 2.75) is 20.3 Å². The van der Waals surface area contributed by atoms with Crippen LogP contribution in [0.15, 0.2) is 23.9 Å². The average Bonchev–Trinajstić information content (AvgIpc) is 2.39. The lowest BCUT2D eigenvalue weighted by Crippen LogP contribution is -2.17. The molecule has 0 radical (unpaired) electrons. The molecule has 60 valence electrons. The number of hydrogen-bond donors (Lipinski definition) is 0. The summed E-state index contributed by atoms with van der Waals surface area (Å²) in [6.45, 7) is 10.8. The van der Waals surface area contributed by atoms with Crippen molar-refractivity contribution in [2.24, 2.45) is 5.41 Å². The van der Waals surface area contributed by atoms with Gasteiger partial charge in [0.25, 0.3) is 0 Å². The minimum Gasteiger partial charge on any atom is -0.370 e. The normalized spacial score (nSPS) is 27.3. The van der Waals surface area contributed by atoms with Crippen LogP contribution in [-0.2, 0) is 0 Å². The second kappa shape index (κ2) is 1.90. The topological polar surface area (TPSA) is 3.24 Å². The predicted octanol–water partition coefficient (Wildman–Crippen LogP) is 2.17. The number of allylic oxidation sites excluding steroid dienone is 2. The molecule has 1 aliphatic carbocycles. The Kier molecular flexibility index (Phi) is 1.20. The zero-order valence-corrected chi connectivity index (χ0v) is 7.35. The molecule has 0 aromatic rings. The molecule has 0 bridgehead atoms. The van der Waals surface area contributed by atoms with Gasteiger partial charge < -0.3 is 4.90 Å². The maximum absolute atomic E-state index is 3.99. The van der Waals surface area contributed by atoms with Crippen molar-refractivity contribution < 1.29 is 0 Å². The van der Waals surface area contributed by atoms with E-state index >= 15 is 0 Å². The van der Waals surface area contributed by atoms with Crippen LogP contribution in [0.4, 0.5) is 0 Å². The molecule has 1 heterocycles. The van der Waals surface area contributed by atoms with Crippen molar-refractivity contribution in [3.8, 4) is 0 Å². The number of rotatable bonds is 1. The molecular formula is C10H15N. The highest BCUT2D eigenvalue weighted by Gasteiger charge is 2.39. The van der Waals surface area contributed by atoms with E-state index in [-0.39, 0.29) is 0 Å². The fraction of sp³-hybridized carbons (Fsp3) is 0.600. The first-order valence-electron chi connectivity index (χ1n) is 4.24. The van der Waals surface area contributed by atoms with Gasteiger partial charge in [0.1, 0.15) is 0 Å². The van der Waals surface area contributed by atoms with Crippen molar-refractivity contribution in [3.05, 3.63) is 23.9 Å². The van der Waals surface area contributed by atoms with Crippen LogP contribution in [0.25, 0.3) is 0 Å². The monoisotopic (exact) mass is 149 g/mol. The summed E-state index contributed by atoms with van der Waals surface area (Å²) in [6, 6.07) is 0. The van der Waals surface area contributed by atoms with E-state index in [9.17, 15) is 0 Å². The highest BCUT2D eigenvalue weighted by Crippen LogP contribution is 2.46. The minimum atomic E-state index is 0.393. The molecule has 0 spiro atoms. The van der Waals surface area contributed by atoms with Crippen LogP contribution in [0, 0.1) is 5.41 Å². The Hall–Kier alpha value is -0.720. The van der Waals surface area contributed by atoms with Crippen molar-refractivity contribution in [1.82, 2.24) is 4.90 Å². The maximum Gasteiger partial charge on any atom is 0.0384 e. The Morgan fingerprint density at radius 1 is 1.55 bits per heavy atom. The summed E-state index contributed by atoms with van der Waals surface area (Å²) in [6.07, 6.45) is 3.53. The van der Waals surface area contributed by atoms with Gasteiger partial charge in [-0.2, -0.15) is 0 Å². The number of hydrogen-bond acceptors (Lipinski definition) is 1. The van der Waals surface area contributed by atoms with Crippen molar-refractivity contribution in [1.29, 1.82) is 0 Å². The van der Waals surface area contributed by atoms with Crippen LogP contribution in [-0.4, -0.2) is 18.0 Å². The van der Waals surface area contributed by atoms with E-state index < -0.39 is 0 Å². The van der Waals surface area contributed by atoms with Gasteiger partial charge in [0.2, 0.25) is 0 Å². The van der Waals surface area contributed by atoms with Gasteiger partial charge in [-0.3, -0.25) is 0 Å². The summed E-state index contributed by atoms with van der Waals surface area (Å²) < 4.78 is 0. The standard InChI is InChI=1S/C10H15N/c1-8-4-5-11(7-8)9-6-10(9,2)3/h6H,1,4-5,7H2,2-3H3. The van der Waals surface area contributed by atoms with Gasteiger partial charge in [-0.1, -0.05) is 32.1 Å². The average molecular weight is 149 g/mol. The molecule has 1 fully saturated rings. The van der Waals surface area contributed by atoms with Gasteiger partial charge in [0.15, 0.2) is 0 Å². The molecule has 0 N–H and O–H groups in total. The van der Waals surface area contributed by atoms with Gasteiger partial charge in [0, 0.05) is 24.2 Å². The van der Waals surface area contributed by atoms with Crippen LogP contribution in [0.2, 0.25) is 0 Å². The predicted molar refractivity (Wildman–Crippen MR) is 47.2 cm³/mol.